The van der Waals surface area contributed by atoms with Crippen LogP contribution in [-0.4, -0.2) is 37.4 Å². The van der Waals surface area contributed by atoms with Crippen molar-refractivity contribution in [2.24, 2.45) is 5.73 Å². The Balaban J connectivity index is 1.90. The number of fused-ring (bicyclic) bond motifs is 1. The van der Waals surface area contributed by atoms with E-state index in [1.165, 1.54) is 5.56 Å². The molecule has 1 fully saturated rings. The molecule has 3 N–H and O–H groups in total. The number of amides is 1. The van der Waals surface area contributed by atoms with Gasteiger partial charge in [0.1, 0.15) is 5.00 Å². The number of nitrogens with two attached hydrogens (primary N) is 1. The number of nitrogens with one attached hydrogen (secondary N) is 1. The molecular weight excluding hydrogens is 328 g/mol. The lowest BCUT2D eigenvalue weighted by Crippen LogP contribution is -2.41. The Bertz CT molecular complexity index is 633. The number of thiophene rings is 1. The summed E-state index contributed by atoms with van der Waals surface area (Å²) in [7, 11) is 0. The molecule has 3 rings (SSSR count). The van der Waals surface area contributed by atoms with Gasteiger partial charge in [0.25, 0.3) is 5.91 Å². The van der Waals surface area contributed by atoms with Crippen molar-refractivity contribution in [3.05, 3.63) is 16.0 Å². The third-order valence-corrected chi connectivity index (χ3v) is 5.84. The van der Waals surface area contributed by atoms with Crippen molar-refractivity contribution in [3.63, 3.8) is 0 Å². The van der Waals surface area contributed by atoms with Crippen molar-refractivity contribution in [3.8, 4) is 0 Å². The third-order valence-electron chi connectivity index (χ3n) is 4.35. The summed E-state index contributed by atoms with van der Waals surface area (Å²) in [5.74, 6) is -0.180. The minimum Gasteiger partial charge on any atom is -0.376 e. The molecule has 24 heavy (non-hydrogen) atoms. The van der Waals surface area contributed by atoms with Crippen LogP contribution in [0, 0.1) is 0 Å². The fraction of sp³-hybridized carbons (Fsp3) is 0.706. The molecule has 0 radical (unpaired) electrons. The van der Waals surface area contributed by atoms with Crippen molar-refractivity contribution in [1.82, 2.24) is 0 Å². The maximum absolute atomic E-state index is 12.5. The van der Waals surface area contributed by atoms with Crippen LogP contribution in [0.2, 0.25) is 0 Å². The molecule has 0 aromatic carbocycles. The highest BCUT2D eigenvalue weighted by Gasteiger charge is 2.41. The monoisotopic (exact) mass is 354 g/mol. The van der Waals surface area contributed by atoms with Gasteiger partial charge in [-0.15, -0.1) is 11.3 Å². The predicted molar refractivity (Wildman–Crippen MR) is 93.3 cm³/mol. The number of anilines is 1. The van der Waals surface area contributed by atoms with Gasteiger partial charge < -0.3 is 25.3 Å². The van der Waals surface area contributed by atoms with Crippen molar-refractivity contribution in [1.29, 1.82) is 0 Å². The van der Waals surface area contributed by atoms with Gasteiger partial charge in [-0.1, -0.05) is 0 Å². The Kier molecular flexibility index (Phi) is 4.74. The van der Waals surface area contributed by atoms with Crippen LogP contribution in [-0.2, 0) is 37.6 Å². The average Bonchev–Trinajstić information content (AvgIpc) is 2.84. The average molecular weight is 354 g/mol. The summed E-state index contributed by atoms with van der Waals surface area (Å²) in [5.41, 5.74) is 7.56. The summed E-state index contributed by atoms with van der Waals surface area (Å²) >= 11 is 1.55. The SMILES string of the molecule is CC1(C)Cc2c(sc(NC(=O)C3COCCO3)c2CN)C(C)(C)O1. The van der Waals surface area contributed by atoms with E-state index in [1.54, 1.807) is 11.3 Å². The molecule has 0 saturated carbocycles. The lowest BCUT2D eigenvalue weighted by Gasteiger charge is -2.41. The molecule has 0 spiro atoms. The van der Waals surface area contributed by atoms with Crippen LogP contribution in [0.25, 0.3) is 0 Å². The van der Waals surface area contributed by atoms with Crippen molar-refractivity contribution < 1.29 is 19.0 Å². The van der Waals surface area contributed by atoms with E-state index in [4.69, 9.17) is 19.9 Å². The maximum atomic E-state index is 12.5. The third kappa shape index (κ3) is 3.36. The van der Waals surface area contributed by atoms with Crippen LogP contribution < -0.4 is 11.1 Å². The van der Waals surface area contributed by atoms with Crippen LogP contribution in [0.1, 0.15) is 43.7 Å². The molecule has 3 heterocycles. The van der Waals surface area contributed by atoms with Crippen LogP contribution in [0.3, 0.4) is 0 Å². The molecule has 1 aromatic heterocycles. The Hall–Kier alpha value is -0.990. The first-order valence-corrected chi connectivity index (χ1v) is 9.10. The van der Waals surface area contributed by atoms with E-state index in [0.29, 0.717) is 19.8 Å². The summed E-state index contributed by atoms with van der Waals surface area (Å²) in [6, 6.07) is 0. The quantitative estimate of drug-likeness (QED) is 0.869. The minimum absolute atomic E-state index is 0.180. The van der Waals surface area contributed by atoms with E-state index in [0.717, 1.165) is 21.9 Å². The first kappa shape index (κ1) is 17.8. The zero-order chi connectivity index (χ0) is 17.5. The molecule has 134 valence electrons. The normalized spacial score (nSPS) is 25.1. The molecule has 6 nitrogen and oxygen atoms in total. The smallest absolute Gasteiger partial charge is 0.256 e. The Morgan fingerprint density at radius 2 is 2.08 bits per heavy atom. The summed E-state index contributed by atoms with van der Waals surface area (Å²) in [6.45, 7) is 9.94. The summed E-state index contributed by atoms with van der Waals surface area (Å²) in [4.78, 5) is 13.6. The largest absolute Gasteiger partial charge is 0.376 e. The van der Waals surface area contributed by atoms with Gasteiger partial charge in [-0.05, 0) is 33.3 Å². The van der Waals surface area contributed by atoms with Gasteiger partial charge >= 0.3 is 0 Å². The van der Waals surface area contributed by atoms with Gasteiger partial charge in [0.15, 0.2) is 6.10 Å². The van der Waals surface area contributed by atoms with Gasteiger partial charge in [0.05, 0.1) is 31.0 Å². The highest BCUT2D eigenvalue weighted by molar-refractivity contribution is 7.16. The Labute approximate surface area is 146 Å². The van der Waals surface area contributed by atoms with Crippen LogP contribution >= 0.6 is 11.3 Å². The lowest BCUT2D eigenvalue weighted by molar-refractivity contribution is -0.142. The zero-order valence-corrected chi connectivity index (χ0v) is 15.5. The number of carbonyl (C=O) groups excluding carboxylic acids is 1. The van der Waals surface area contributed by atoms with Gasteiger partial charge in [-0.25, -0.2) is 0 Å². The standard InChI is InChI=1S/C17H26N2O4S/c1-16(2)7-10-11(8-18)15(24-13(10)17(3,4)23-16)19-14(20)12-9-21-5-6-22-12/h12H,5-9,18H2,1-4H3,(H,19,20). The zero-order valence-electron chi connectivity index (χ0n) is 14.7. The highest BCUT2D eigenvalue weighted by Crippen LogP contribution is 2.48. The molecule has 0 bridgehead atoms. The van der Waals surface area contributed by atoms with Gasteiger partial charge in [0.2, 0.25) is 0 Å². The number of rotatable bonds is 3. The molecule has 1 aromatic rings. The van der Waals surface area contributed by atoms with Crippen molar-refractivity contribution in [2.45, 2.75) is 58.0 Å². The second-order valence-corrected chi connectivity index (χ2v) is 8.41. The number of hydrogen-bond acceptors (Lipinski definition) is 6. The first-order chi connectivity index (χ1) is 11.2. The highest BCUT2D eigenvalue weighted by atomic mass is 32.1. The van der Waals surface area contributed by atoms with Gasteiger partial charge in [0, 0.05) is 23.4 Å². The topological polar surface area (TPSA) is 82.8 Å². The van der Waals surface area contributed by atoms with Gasteiger partial charge in [-0.2, -0.15) is 0 Å². The van der Waals surface area contributed by atoms with E-state index in [1.807, 2.05) is 0 Å². The number of carbonyl (C=O) groups is 1. The van der Waals surface area contributed by atoms with Crippen LogP contribution in [0.15, 0.2) is 0 Å². The minimum atomic E-state index is -0.566. The fourth-order valence-corrected chi connectivity index (χ4v) is 4.81. The fourth-order valence-electron chi connectivity index (χ4n) is 3.52. The molecule has 2 aliphatic rings. The van der Waals surface area contributed by atoms with E-state index < -0.39 is 11.7 Å². The molecule has 1 unspecified atom stereocenters. The predicted octanol–water partition coefficient (Wildman–Crippen LogP) is 2.15. The van der Waals surface area contributed by atoms with Crippen molar-refractivity contribution in [2.75, 3.05) is 25.1 Å². The molecule has 1 amide bonds. The summed E-state index contributed by atoms with van der Waals surface area (Å²) < 4.78 is 17.0. The molecule has 0 aliphatic carbocycles. The molecule has 1 saturated heterocycles. The summed E-state index contributed by atoms with van der Waals surface area (Å²) in [5, 5.41) is 3.79. The number of ether oxygens (including phenoxy) is 3. The molecular formula is C17H26N2O4S. The second kappa shape index (κ2) is 6.38. The van der Waals surface area contributed by atoms with Crippen LogP contribution in [0.4, 0.5) is 5.00 Å². The van der Waals surface area contributed by atoms with Crippen molar-refractivity contribution >= 4 is 22.2 Å². The Morgan fingerprint density at radius 1 is 1.33 bits per heavy atom. The van der Waals surface area contributed by atoms with E-state index in [9.17, 15) is 4.79 Å². The molecule has 2 aliphatic heterocycles. The second-order valence-electron chi connectivity index (χ2n) is 7.39. The maximum Gasteiger partial charge on any atom is 0.256 e. The van der Waals surface area contributed by atoms with E-state index in [-0.39, 0.29) is 18.1 Å². The Morgan fingerprint density at radius 3 is 2.71 bits per heavy atom. The molecule has 1 atom stereocenters. The van der Waals surface area contributed by atoms with Gasteiger partial charge in [-0.3, -0.25) is 4.79 Å². The van der Waals surface area contributed by atoms with Crippen LogP contribution in [0.5, 0.6) is 0 Å². The lowest BCUT2D eigenvalue weighted by atomic mass is 9.86. The van der Waals surface area contributed by atoms with E-state index >= 15 is 0 Å². The first-order valence-electron chi connectivity index (χ1n) is 8.29. The molecule has 7 heteroatoms. The number of hydrogen-bond donors (Lipinski definition) is 2. The van der Waals surface area contributed by atoms with E-state index in [2.05, 4.69) is 33.0 Å². The summed E-state index contributed by atoms with van der Waals surface area (Å²) in [6.07, 6.45) is 0.220.